The van der Waals surface area contributed by atoms with Gasteiger partial charge in [-0.1, -0.05) is 37.5 Å². The number of hydrogen-bond donors (Lipinski definition) is 1. The minimum atomic E-state index is -4.70. The van der Waals surface area contributed by atoms with E-state index in [0.717, 1.165) is 19.3 Å². The Kier molecular flexibility index (Phi) is 4.34. The maximum atomic E-state index is 12.4. The van der Waals surface area contributed by atoms with Crippen LogP contribution in [0.4, 0.5) is 13.2 Å². The molecule has 0 heterocycles. The first-order chi connectivity index (χ1) is 8.97. The van der Waals surface area contributed by atoms with Gasteiger partial charge in [-0.3, -0.25) is 0 Å². The quantitative estimate of drug-likeness (QED) is 0.826. The van der Waals surface area contributed by atoms with E-state index in [1.165, 1.54) is 12.1 Å². The normalized spacial score (nSPS) is 24.8. The van der Waals surface area contributed by atoms with E-state index in [-0.39, 0.29) is 11.7 Å². The minimum Gasteiger partial charge on any atom is -0.405 e. The smallest absolute Gasteiger partial charge is 0.405 e. The predicted octanol–water partition coefficient (Wildman–Crippen LogP) is 3.99. The van der Waals surface area contributed by atoms with E-state index in [1.54, 1.807) is 12.1 Å². The molecule has 0 radical (unpaired) electrons. The molecule has 1 saturated carbocycles. The summed E-state index contributed by atoms with van der Waals surface area (Å²) in [6.07, 6.45) is -1.13. The van der Waals surface area contributed by atoms with Gasteiger partial charge in [0.25, 0.3) is 0 Å². The van der Waals surface area contributed by atoms with E-state index in [2.05, 4.69) is 4.74 Å². The number of alkyl halides is 3. The van der Waals surface area contributed by atoms with Gasteiger partial charge in [0.05, 0.1) is 6.10 Å². The zero-order valence-corrected chi connectivity index (χ0v) is 10.5. The molecule has 1 aromatic rings. The Morgan fingerprint density at radius 3 is 2.47 bits per heavy atom. The largest absolute Gasteiger partial charge is 0.573 e. The molecule has 2 rings (SSSR count). The number of benzene rings is 1. The SMILES string of the molecule is OC1CCCCCC1c1ccccc1OC(F)(F)F. The van der Waals surface area contributed by atoms with Gasteiger partial charge in [-0.05, 0) is 18.9 Å². The van der Waals surface area contributed by atoms with Crippen molar-refractivity contribution in [3.8, 4) is 5.75 Å². The van der Waals surface area contributed by atoms with E-state index >= 15 is 0 Å². The third kappa shape index (κ3) is 3.86. The number of ether oxygens (including phenoxy) is 1. The molecule has 0 aliphatic heterocycles. The Bertz CT molecular complexity index is 417. The fourth-order valence-electron chi connectivity index (χ4n) is 2.66. The summed E-state index contributed by atoms with van der Waals surface area (Å²) in [6, 6.07) is 6.10. The number of hydrogen-bond acceptors (Lipinski definition) is 2. The van der Waals surface area contributed by atoms with Gasteiger partial charge < -0.3 is 9.84 Å². The van der Waals surface area contributed by atoms with Crippen molar-refractivity contribution in [2.75, 3.05) is 0 Å². The zero-order chi connectivity index (χ0) is 13.9. The highest BCUT2D eigenvalue weighted by Crippen LogP contribution is 2.38. The van der Waals surface area contributed by atoms with Crippen LogP contribution in [0.2, 0.25) is 0 Å². The molecule has 0 bridgehead atoms. The van der Waals surface area contributed by atoms with Crippen LogP contribution >= 0.6 is 0 Å². The lowest BCUT2D eigenvalue weighted by molar-refractivity contribution is -0.275. The highest BCUT2D eigenvalue weighted by Gasteiger charge is 2.34. The number of aliphatic hydroxyl groups is 1. The molecule has 0 saturated heterocycles. The summed E-state index contributed by atoms with van der Waals surface area (Å²) in [5.74, 6) is -0.470. The summed E-state index contributed by atoms with van der Waals surface area (Å²) >= 11 is 0. The molecule has 1 N–H and O–H groups in total. The van der Waals surface area contributed by atoms with Crippen LogP contribution in [0.3, 0.4) is 0 Å². The zero-order valence-electron chi connectivity index (χ0n) is 10.5. The molecule has 2 nitrogen and oxygen atoms in total. The molecule has 1 aromatic carbocycles. The average molecular weight is 274 g/mol. The maximum Gasteiger partial charge on any atom is 0.573 e. The first-order valence-corrected chi connectivity index (χ1v) is 6.50. The Morgan fingerprint density at radius 1 is 1.05 bits per heavy atom. The molecule has 0 spiro atoms. The van der Waals surface area contributed by atoms with Crippen LogP contribution in [0.15, 0.2) is 24.3 Å². The highest BCUT2D eigenvalue weighted by atomic mass is 19.4. The highest BCUT2D eigenvalue weighted by molar-refractivity contribution is 5.37. The van der Waals surface area contributed by atoms with E-state index in [1.807, 2.05) is 0 Å². The van der Waals surface area contributed by atoms with Gasteiger partial charge in [-0.15, -0.1) is 13.2 Å². The van der Waals surface area contributed by atoms with Crippen LogP contribution in [0.25, 0.3) is 0 Å². The standard InChI is InChI=1S/C14H17F3O2/c15-14(16,17)19-13-9-5-4-7-11(13)10-6-2-1-3-8-12(10)18/h4-5,7,9-10,12,18H,1-3,6,8H2. The van der Waals surface area contributed by atoms with E-state index < -0.39 is 12.5 Å². The van der Waals surface area contributed by atoms with Gasteiger partial charge in [0.2, 0.25) is 0 Å². The van der Waals surface area contributed by atoms with E-state index in [9.17, 15) is 18.3 Å². The molecule has 2 atom stereocenters. The molecule has 0 aromatic heterocycles. The number of rotatable bonds is 2. The van der Waals surface area contributed by atoms with E-state index in [4.69, 9.17) is 0 Å². The lowest BCUT2D eigenvalue weighted by Gasteiger charge is -2.23. The summed E-state index contributed by atoms with van der Waals surface area (Å²) in [5, 5.41) is 10.1. The summed E-state index contributed by atoms with van der Waals surface area (Å²) in [5.41, 5.74) is 0.453. The molecule has 0 amide bonds. The third-order valence-electron chi connectivity index (χ3n) is 3.52. The van der Waals surface area contributed by atoms with Crippen LogP contribution in [0.5, 0.6) is 5.75 Å². The molecular weight excluding hydrogens is 257 g/mol. The molecule has 2 unspecified atom stereocenters. The first-order valence-electron chi connectivity index (χ1n) is 6.50. The average Bonchev–Trinajstić information content (AvgIpc) is 2.53. The number of halogens is 3. The van der Waals surface area contributed by atoms with Crippen molar-refractivity contribution in [3.63, 3.8) is 0 Å². The van der Waals surface area contributed by atoms with E-state index in [0.29, 0.717) is 18.4 Å². The van der Waals surface area contributed by atoms with Crippen LogP contribution < -0.4 is 4.74 Å². The Labute approximate surface area is 110 Å². The van der Waals surface area contributed by atoms with Crippen molar-refractivity contribution < 1.29 is 23.0 Å². The number of aliphatic hydroxyl groups excluding tert-OH is 1. The second-order valence-corrected chi connectivity index (χ2v) is 4.90. The predicted molar refractivity (Wildman–Crippen MR) is 65.0 cm³/mol. The van der Waals surface area contributed by atoms with Crippen molar-refractivity contribution in [1.29, 1.82) is 0 Å². The molecule has 1 aliphatic carbocycles. The topological polar surface area (TPSA) is 29.5 Å². The second kappa shape index (κ2) is 5.82. The Morgan fingerprint density at radius 2 is 1.74 bits per heavy atom. The lowest BCUT2D eigenvalue weighted by Crippen LogP contribution is -2.22. The van der Waals surface area contributed by atoms with Gasteiger partial charge in [0.15, 0.2) is 0 Å². The molecule has 1 aliphatic rings. The van der Waals surface area contributed by atoms with Crippen LogP contribution in [-0.4, -0.2) is 17.6 Å². The van der Waals surface area contributed by atoms with Crippen molar-refractivity contribution in [2.45, 2.75) is 50.5 Å². The summed E-state index contributed by atoms with van der Waals surface area (Å²) in [7, 11) is 0. The van der Waals surface area contributed by atoms with Gasteiger partial charge in [0.1, 0.15) is 5.75 Å². The van der Waals surface area contributed by atoms with Gasteiger partial charge in [0, 0.05) is 11.5 Å². The third-order valence-corrected chi connectivity index (χ3v) is 3.52. The van der Waals surface area contributed by atoms with Crippen molar-refractivity contribution in [1.82, 2.24) is 0 Å². The van der Waals surface area contributed by atoms with Crippen molar-refractivity contribution in [2.24, 2.45) is 0 Å². The Hall–Kier alpha value is -1.23. The summed E-state index contributed by atoms with van der Waals surface area (Å²) in [4.78, 5) is 0. The minimum absolute atomic E-state index is 0.194. The lowest BCUT2D eigenvalue weighted by atomic mass is 9.89. The fraction of sp³-hybridized carbons (Fsp3) is 0.571. The first kappa shape index (κ1) is 14.2. The van der Waals surface area contributed by atoms with Crippen molar-refractivity contribution in [3.05, 3.63) is 29.8 Å². The fourth-order valence-corrected chi connectivity index (χ4v) is 2.66. The Balaban J connectivity index is 2.27. The van der Waals surface area contributed by atoms with Gasteiger partial charge in [-0.2, -0.15) is 0 Å². The monoisotopic (exact) mass is 274 g/mol. The van der Waals surface area contributed by atoms with Crippen LogP contribution in [-0.2, 0) is 0 Å². The molecular formula is C14H17F3O2. The molecule has 5 heteroatoms. The van der Waals surface area contributed by atoms with Crippen LogP contribution in [0.1, 0.15) is 43.6 Å². The van der Waals surface area contributed by atoms with Gasteiger partial charge in [-0.25, -0.2) is 0 Å². The molecule has 1 fully saturated rings. The number of para-hydroxylation sites is 1. The second-order valence-electron chi connectivity index (χ2n) is 4.90. The van der Waals surface area contributed by atoms with Gasteiger partial charge >= 0.3 is 6.36 Å². The molecule has 19 heavy (non-hydrogen) atoms. The summed E-state index contributed by atoms with van der Waals surface area (Å²) in [6.45, 7) is 0. The molecule has 106 valence electrons. The summed E-state index contributed by atoms with van der Waals surface area (Å²) < 4.78 is 41.2. The maximum absolute atomic E-state index is 12.4. The van der Waals surface area contributed by atoms with Crippen LogP contribution in [0, 0.1) is 0 Å². The van der Waals surface area contributed by atoms with Crippen molar-refractivity contribution >= 4 is 0 Å².